The standard InChI is InChI=1S/C22H30N2O4S/c1-5-8-15-28-21-12-10-9-11-20(21)23-22(25)19-16-18(14-13-17(19)4)29(26,27)24(6-2)7-3/h9-14,16H,5-8,15H2,1-4H3,(H,23,25). The first-order chi connectivity index (χ1) is 13.8. The van der Waals surface area contributed by atoms with Gasteiger partial charge in [-0.3, -0.25) is 4.79 Å². The van der Waals surface area contributed by atoms with Crippen LogP contribution in [-0.2, 0) is 10.0 Å². The molecule has 6 nitrogen and oxygen atoms in total. The molecule has 2 aromatic rings. The highest BCUT2D eigenvalue weighted by atomic mass is 32.2. The van der Waals surface area contributed by atoms with Crippen LogP contribution in [0.25, 0.3) is 0 Å². The fourth-order valence-electron chi connectivity index (χ4n) is 2.93. The largest absolute Gasteiger partial charge is 0.491 e. The zero-order chi connectivity index (χ0) is 21.4. The van der Waals surface area contributed by atoms with Crippen LogP contribution in [0.1, 0.15) is 49.5 Å². The molecule has 0 aliphatic carbocycles. The molecule has 0 saturated heterocycles. The number of carbonyl (C=O) groups is 1. The number of unbranched alkanes of at least 4 members (excludes halogenated alkanes) is 1. The average Bonchev–Trinajstić information content (AvgIpc) is 2.70. The second kappa shape index (κ2) is 10.4. The highest BCUT2D eigenvalue weighted by Gasteiger charge is 2.23. The molecule has 29 heavy (non-hydrogen) atoms. The second-order valence-electron chi connectivity index (χ2n) is 6.72. The number of sulfonamides is 1. The van der Waals surface area contributed by atoms with Crippen molar-refractivity contribution in [1.29, 1.82) is 0 Å². The van der Waals surface area contributed by atoms with Crippen molar-refractivity contribution in [3.05, 3.63) is 53.6 Å². The van der Waals surface area contributed by atoms with E-state index in [1.54, 1.807) is 45.0 Å². The third-order valence-electron chi connectivity index (χ3n) is 4.69. The van der Waals surface area contributed by atoms with E-state index in [0.717, 1.165) is 12.8 Å². The third kappa shape index (κ3) is 5.58. The fourth-order valence-corrected chi connectivity index (χ4v) is 4.42. The average molecular weight is 419 g/mol. The fraction of sp³-hybridized carbons (Fsp3) is 0.409. The van der Waals surface area contributed by atoms with E-state index in [0.29, 0.717) is 42.3 Å². The molecule has 0 aliphatic heterocycles. The van der Waals surface area contributed by atoms with Crippen molar-refractivity contribution in [3.63, 3.8) is 0 Å². The Morgan fingerprint density at radius 2 is 1.76 bits per heavy atom. The van der Waals surface area contributed by atoms with Gasteiger partial charge in [0.1, 0.15) is 5.75 Å². The summed E-state index contributed by atoms with van der Waals surface area (Å²) in [5.41, 5.74) is 1.58. The number of amides is 1. The Hall–Kier alpha value is -2.38. The van der Waals surface area contributed by atoms with Gasteiger partial charge in [0.2, 0.25) is 10.0 Å². The summed E-state index contributed by atoms with van der Waals surface area (Å²) >= 11 is 0. The minimum absolute atomic E-state index is 0.115. The number of nitrogens with zero attached hydrogens (tertiary/aromatic N) is 1. The number of para-hydroxylation sites is 2. The Labute approximate surface area is 173 Å². The van der Waals surface area contributed by atoms with Crippen molar-refractivity contribution in [2.45, 2.75) is 45.4 Å². The number of benzene rings is 2. The molecule has 0 aliphatic rings. The van der Waals surface area contributed by atoms with Crippen LogP contribution in [0.2, 0.25) is 0 Å². The van der Waals surface area contributed by atoms with Gasteiger partial charge in [-0.2, -0.15) is 4.31 Å². The van der Waals surface area contributed by atoms with Crippen molar-refractivity contribution < 1.29 is 17.9 Å². The summed E-state index contributed by atoms with van der Waals surface area (Å²) in [4.78, 5) is 13.0. The van der Waals surface area contributed by atoms with Crippen molar-refractivity contribution in [2.24, 2.45) is 0 Å². The Balaban J connectivity index is 2.31. The van der Waals surface area contributed by atoms with Crippen LogP contribution in [0.4, 0.5) is 5.69 Å². The molecule has 0 spiro atoms. The quantitative estimate of drug-likeness (QED) is 0.578. The van der Waals surface area contributed by atoms with Crippen LogP contribution in [0.15, 0.2) is 47.4 Å². The molecular weight excluding hydrogens is 388 g/mol. The topological polar surface area (TPSA) is 75.7 Å². The Morgan fingerprint density at radius 1 is 1.07 bits per heavy atom. The predicted molar refractivity (Wildman–Crippen MR) is 116 cm³/mol. The minimum atomic E-state index is -3.64. The van der Waals surface area contributed by atoms with Crippen LogP contribution in [0.3, 0.4) is 0 Å². The minimum Gasteiger partial charge on any atom is -0.491 e. The van der Waals surface area contributed by atoms with E-state index in [4.69, 9.17) is 4.74 Å². The van der Waals surface area contributed by atoms with Gasteiger partial charge >= 0.3 is 0 Å². The SMILES string of the molecule is CCCCOc1ccccc1NC(=O)c1cc(S(=O)(=O)N(CC)CC)ccc1C. The van der Waals surface area contributed by atoms with Crippen LogP contribution in [0.5, 0.6) is 5.75 Å². The van der Waals surface area contributed by atoms with Gasteiger partial charge < -0.3 is 10.1 Å². The van der Waals surface area contributed by atoms with Crippen molar-refractivity contribution in [1.82, 2.24) is 4.31 Å². The normalized spacial score (nSPS) is 11.5. The number of aryl methyl sites for hydroxylation is 1. The summed E-state index contributed by atoms with van der Waals surface area (Å²) < 4.78 is 32.8. The molecule has 0 bridgehead atoms. The molecule has 2 aromatic carbocycles. The lowest BCUT2D eigenvalue weighted by atomic mass is 10.1. The number of nitrogens with one attached hydrogen (secondary N) is 1. The van der Waals surface area contributed by atoms with Gasteiger partial charge in [-0.1, -0.05) is 45.4 Å². The molecule has 1 N–H and O–H groups in total. The first kappa shape index (κ1) is 22.9. The van der Waals surface area contributed by atoms with Crippen molar-refractivity contribution in [2.75, 3.05) is 25.0 Å². The Kier molecular flexibility index (Phi) is 8.22. The van der Waals surface area contributed by atoms with E-state index in [9.17, 15) is 13.2 Å². The number of hydrogen-bond acceptors (Lipinski definition) is 4. The van der Waals surface area contributed by atoms with Gasteiger partial charge in [-0.15, -0.1) is 0 Å². The molecule has 0 unspecified atom stereocenters. The lowest BCUT2D eigenvalue weighted by Gasteiger charge is -2.19. The van der Waals surface area contributed by atoms with Crippen LogP contribution in [0, 0.1) is 6.92 Å². The maximum atomic E-state index is 12.9. The zero-order valence-electron chi connectivity index (χ0n) is 17.6. The van der Waals surface area contributed by atoms with Crippen molar-refractivity contribution >= 4 is 21.6 Å². The molecule has 0 heterocycles. The van der Waals surface area contributed by atoms with E-state index in [1.807, 2.05) is 12.1 Å². The number of ether oxygens (including phenoxy) is 1. The van der Waals surface area contributed by atoms with Crippen LogP contribution in [-0.4, -0.2) is 38.3 Å². The second-order valence-corrected chi connectivity index (χ2v) is 8.66. The molecule has 0 aromatic heterocycles. The number of carbonyl (C=O) groups excluding carboxylic acids is 1. The van der Waals surface area contributed by atoms with E-state index in [2.05, 4.69) is 12.2 Å². The lowest BCUT2D eigenvalue weighted by molar-refractivity contribution is 0.102. The van der Waals surface area contributed by atoms with E-state index in [-0.39, 0.29) is 10.8 Å². The highest BCUT2D eigenvalue weighted by molar-refractivity contribution is 7.89. The molecule has 0 atom stereocenters. The number of hydrogen-bond donors (Lipinski definition) is 1. The molecular formula is C22H30N2O4S. The molecule has 0 radical (unpaired) electrons. The highest BCUT2D eigenvalue weighted by Crippen LogP contribution is 2.26. The lowest BCUT2D eigenvalue weighted by Crippen LogP contribution is -2.30. The molecule has 7 heteroatoms. The Bertz CT molecular complexity index is 938. The summed E-state index contributed by atoms with van der Waals surface area (Å²) in [6.07, 6.45) is 1.94. The van der Waals surface area contributed by atoms with Gasteiger partial charge in [-0.25, -0.2) is 8.42 Å². The predicted octanol–water partition coefficient (Wildman–Crippen LogP) is 4.46. The first-order valence-corrected chi connectivity index (χ1v) is 11.4. The van der Waals surface area contributed by atoms with E-state index >= 15 is 0 Å². The summed E-state index contributed by atoms with van der Waals surface area (Å²) in [6, 6.07) is 11.9. The zero-order valence-corrected chi connectivity index (χ0v) is 18.4. The van der Waals surface area contributed by atoms with E-state index in [1.165, 1.54) is 10.4 Å². The van der Waals surface area contributed by atoms with Crippen molar-refractivity contribution in [3.8, 4) is 5.75 Å². The molecule has 158 valence electrons. The van der Waals surface area contributed by atoms with Gasteiger partial charge in [0.25, 0.3) is 5.91 Å². The smallest absolute Gasteiger partial charge is 0.256 e. The number of rotatable bonds is 10. The van der Waals surface area contributed by atoms with E-state index < -0.39 is 10.0 Å². The Morgan fingerprint density at radius 3 is 2.41 bits per heavy atom. The van der Waals surface area contributed by atoms with Gasteiger partial charge in [-0.05, 0) is 43.2 Å². The number of anilines is 1. The van der Waals surface area contributed by atoms with Crippen LogP contribution < -0.4 is 10.1 Å². The molecule has 0 fully saturated rings. The van der Waals surface area contributed by atoms with Gasteiger partial charge in [0.15, 0.2) is 0 Å². The van der Waals surface area contributed by atoms with Gasteiger partial charge in [0.05, 0.1) is 17.2 Å². The summed E-state index contributed by atoms with van der Waals surface area (Å²) in [6.45, 7) is 8.76. The maximum Gasteiger partial charge on any atom is 0.256 e. The maximum absolute atomic E-state index is 12.9. The monoisotopic (exact) mass is 418 g/mol. The molecule has 0 saturated carbocycles. The van der Waals surface area contributed by atoms with Crippen LogP contribution >= 0.6 is 0 Å². The summed E-state index contributed by atoms with van der Waals surface area (Å²) in [7, 11) is -3.64. The summed E-state index contributed by atoms with van der Waals surface area (Å²) in [5, 5.41) is 2.86. The molecule has 1 amide bonds. The molecule has 2 rings (SSSR count). The summed E-state index contributed by atoms with van der Waals surface area (Å²) in [5.74, 6) is 0.226. The third-order valence-corrected chi connectivity index (χ3v) is 6.73. The van der Waals surface area contributed by atoms with Gasteiger partial charge in [0, 0.05) is 18.7 Å². The first-order valence-electron chi connectivity index (χ1n) is 9.99.